The summed E-state index contributed by atoms with van der Waals surface area (Å²) in [6.45, 7) is 1.23. The van der Waals surface area contributed by atoms with Crippen LogP contribution in [-0.4, -0.2) is 20.3 Å². The van der Waals surface area contributed by atoms with Gasteiger partial charge >= 0.3 is 6.09 Å². The molecule has 0 fully saturated rings. The van der Waals surface area contributed by atoms with Gasteiger partial charge in [0, 0.05) is 11.8 Å². The monoisotopic (exact) mass is 207 g/mol. The molecule has 0 bridgehead atoms. The van der Waals surface area contributed by atoms with Crippen molar-refractivity contribution >= 4 is 41.1 Å². The van der Waals surface area contributed by atoms with Gasteiger partial charge in [0.2, 0.25) is 4.52 Å². The third-order valence-electron chi connectivity index (χ3n) is 0.391. The molecule has 0 aliphatic heterocycles. The summed E-state index contributed by atoms with van der Waals surface area (Å²) in [6, 6.07) is 0. The minimum Gasteiger partial charge on any atom is -0.462 e. The number of halogens is 3. The molecule has 0 aliphatic rings. The number of carboxylic acid groups (broad SMARTS) is 1. The Labute approximate surface area is 72.3 Å². The van der Waals surface area contributed by atoms with Crippen molar-refractivity contribution in [3.8, 4) is 0 Å². The fraction of sp³-hybridized carbons (Fsp3) is 0.667. The standard InChI is InChI=1S/C3H4Cl3NO3/c1-3(4,5)10-7(6)2(8)9/h1H3,(H,8,9). The van der Waals surface area contributed by atoms with Crippen molar-refractivity contribution in [2.45, 2.75) is 11.4 Å². The Hall–Kier alpha value is 0.1000. The predicted molar refractivity (Wildman–Crippen MR) is 36.9 cm³/mol. The van der Waals surface area contributed by atoms with Crippen LogP contribution in [-0.2, 0) is 4.84 Å². The highest BCUT2D eigenvalue weighted by atomic mass is 35.5. The first kappa shape index (κ1) is 10.1. The van der Waals surface area contributed by atoms with E-state index in [2.05, 4.69) is 4.84 Å². The van der Waals surface area contributed by atoms with Crippen LogP contribution >= 0.6 is 35.0 Å². The zero-order valence-corrected chi connectivity index (χ0v) is 7.11. The molecule has 0 radical (unpaired) electrons. The van der Waals surface area contributed by atoms with Crippen LogP contribution in [0.5, 0.6) is 0 Å². The van der Waals surface area contributed by atoms with Crippen LogP contribution in [0.1, 0.15) is 6.92 Å². The van der Waals surface area contributed by atoms with E-state index in [-0.39, 0.29) is 4.58 Å². The van der Waals surface area contributed by atoms with Crippen LogP contribution < -0.4 is 0 Å². The summed E-state index contributed by atoms with van der Waals surface area (Å²) in [6.07, 6.45) is -1.49. The molecule has 0 spiro atoms. The smallest absolute Gasteiger partial charge is 0.447 e. The summed E-state index contributed by atoms with van der Waals surface area (Å²) in [5.74, 6) is 0. The Morgan fingerprint density at radius 3 is 2.20 bits per heavy atom. The Balaban J connectivity index is 3.80. The number of hydrogen-bond acceptors (Lipinski definition) is 2. The zero-order valence-electron chi connectivity index (χ0n) is 4.84. The molecule has 0 rings (SSSR count). The molecule has 0 unspecified atom stereocenters. The number of nitrogens with zero attached hydrogens (tertiary/aromatic N) is 1. The van der Waals surface area contributed by atoms with E-state index in [0.717, 1.165) is 0 Å². The van der Waals surface area contributed by atoms with Crippen molar-refractivity contribution < 1.29 is 14.7 Å². The number of rotatable bonds is 2. The maximum Gasteiger partial charge on any atom is 0.447 e. The second kappa shape index (κ2) is 3.48. The topological polar surface area (TPSA) is 49.8 Å². The molecular weight excluding hydrogens is 204 g/mol. The summed E-state index contributed by atoms with van der Waals surface area (Å²) < 4.78 is -1.64. The Morgan fingerprint density at radius 2 is 2.10 bits per heavy atom. The summed E-state index contributed by atoms with van der Waals surface area (Å²) >= 11 is 15.4. The lowest BCUT2D eigenvalue weighted by Gasteiger charge is -2.16. The second-order valence-electron chi connectivity index (χ2n) is 1.43. The number of amides is 1. The van der Waals surface area contributed by atoms with Gasteiger partial charge in [-0.3, -0.25) is 0 Å². The second-order valence-corrected chi connectivity index (χ2v) is 3.37. The van der Waals surface area contributed by atoms with E-state index in [1.54, 1.807) is 0 Å². The van der Waals surface area contributed by atoms with Gasteiger partial charge in [0.05, 0.1) is 0 Å². The van der Waals surface area contributed by atoms with Crippen LogP contribution in [0.4, 0.5) is 4.79 Å². The molecule has 0 aromatic carbocycles. The van der Waals surface area contributed by atoms with Crippen molar-refractivity contribution in [2.75, 3.05) is 0 Å². The zero-order chi connectivity index (χ0) is 8.36. The Kier molecular flexibility index (Phi) is 3.51. The van der Waals surface area contributed by atoms with Crippen LogP contribution in [0.25, 0.3) is 0 Å². The molecule has 0 aromatic rings. The molecule has 7 heteroatoms. The summed E-state index contributed by atoms with van der Waals surface area (Å²) in [5.41, 5.74) is 0. The normalized spacial score (nSPS) is 11.2. The van der Waals surface area contributed by atoms with E-state index in [9.17, 15) is 4.79 Å². The third-order valence-corrected chi connectivity index (χ3v) is 0.742. The van der Waals surface area contributed by atoms with Gasteiger partial charge in [-0.15, -0.1) is 0 Å². The average molecular weight is 208 g/mol. The van der Waals surface area contributed by atoms with Gasteiger partial charge in [-0.1, -0.05) is 27.8 Å². The molecule has 0 atom stereocenters. The lowest BCUT2D eigenvalue weighted by Crippen LogP contribution is -2.27. The fourth-order valence-electron chi connectivity index (χ4n) is 0.180. The van der Waals surface area contributed by atoms with E-state index in [0.29, 0.717) is 0 Å². The summed E-state index contributed by atoms with van der Waals surface area (Å²) in [4.78, 5) is 14.2. The van der Waals surface area contributed by atoms with Gasteiger partial charge in [-0.2, -0.15) is 0 Å². The fourth-order valence-corrected chi connectivity index (χ4v) is 0.526. The first-order chi connectivity index (χ1) is 4.33. The first-order valence-electron chi connectivity index (χ1n) is 2.09. The lowest BCUT2D eigenvalue weighted by atomic mass is 10.9. The van der Waals surface area contributed by atoms with Gasteiger partial charge in [0.1, 0.15) is 0 Å². The molecule has 1 N–H and O–H groups in total. The van der Waals surface area contributed by atoms with Crippen LogP contribution in [0.15, 0.2) is 0 Å². The van der Waals surface area contributed by atoms with Gasteiger partial charge in [0.15, 0.2) is 0 Å². The van der Waals surface area contributed by atoms with E-state index >= 15 is 0 Å². The highest BCUT2D eigenvalue weighted by molar-refractivity contribution is 6.47. The van der Waals surface area contributed by atoms with Gasteiger partial charge < -0.3 is 5.11 Å². The number of hydrogen-bond donors (Lipinski definition) is 1. The number of carbonyl (C=O) groups is 1. The van der Waals surface area contributed by atoms with Crippen molar-refractivity contribution in [1.29, 1.82) is 0 Å². The highest BCUT2D eigenvalue weighted by Crippen LogP contribution is 2.23. The van der Waals surface area contributed by atoms with Crippen LogP contribution in [0.2, 0.25) is 0 Å². The maximum atomic E-state index is 9.93. The minimum absolute atomic E-state index is 0. The minimum atomic E-state index is -1.64. The maximum absolute atomic E-state index is 9.93. The molecule has 0 saturated heterocycles. The predicted octanol–water partition coefficient (Wildman–Crippen LogP) is 2.20. The number of hydroxylamine groups is 1. The van der Waals surface area contributed by atoms with E-state index < -0.39 is 10.6 Å². The van der Waals surface area contributed by atoms with Gasteiger partial charge in [-0.05, 0) is 6.92 Å². The molecule has 1 amide bonds. The molecule has 0 saturated carbocycles. The lowest BCUT2D eigenvalue weighted by molar-refractivity contribution is -0.0914. The van der Waals surface area contributed by atoms with Crippen molar-refractivity contribution in [1.82, 2.24) is 4.58 Å². The SMILES string of the molecule is CC(Cl)(Cl)ON(Cl)C(=O)O. The van der Waals surface area contributed by atoms with Crippen molar-refractivity contribution in [3.63, 3.8) is 0 Å². The quantitative estimate of drug-likeness (QED) is 0.430. The average Bonchev–Trinajstić information content (AvgIpc) is 1.60. The molecule has 0 heterocycles. The molecular formula is C3H4Cl3NO3. The molecule has 60 valence electrons. The molecule has 0 aliphatic carbocycles. The molecule has 4 nitrogen and oxygen atoms in total. The number of alkyl halides is 2. The van der Waals surface area contributed by atoms with Crippen LogP contribution in [0.3, 0.4) is 0 Å². The molecule has 0 aromatic heterocycles. The first-order valence-corrected chi connectivity index (χ1v) is 3.18. The Morgan fingerprint density at radius 1 is 1.70 bits per heavy atom. The third kappa shape index (κ3) is 4.93. The van der Waals surface area contributed by atoms with Crippen molar-refractivity contribution in [3.05, 3.63) is 0 Å². The van der Waals surface area contributed by atoms with E-state index in [1.807, 2.05) is 0 Å². The van der Waals surface area contributed by atoms with E-state index in [4.69, 9.17) is 40.1 Å². The van der Waals surface area contributed by atoms with Gasteiger partial charge in [0.25, 0.3) is 0 Å². The Bertz CT molecular complexity index is 133. The molecule has 10 heavy (non-hydrogen) atoms. The van der Waals surface area contributed by atoms with Gasteiger partial charge in [-0.25, -0.2) is 9.63 Å². The van der Waals surface area contributed by atoms with Crippen molar-refractivity contribution in [2.24, 2.45) is 0 Å². The summed E-state index contributed by atoms with van der Waals surface area (Å²) in [7, 11) is 0. The van der Waals surface area contributed by atoms with E-state index in [1.165, 1.54) is 6.92 Å². The van der Waals surface area contributed by atoms with Crippen LogP contribution in [0, 0.1) is 0 Å². The largest absolute Gasteiger partial charge is 0.462 e. The summed E-state index contributed by atoms with van der Waals surface area (Å²) in [5, 5.41) is 8.10. The highest BCUT2D eigenvalue weighted by Gasteiger charge is 2.24.